The highest BCUT2D eigenvalue weighted by molar-refractivity contribution is 5.80. The van der Waals surface area contributed by atoms with Crippen LogP contribution in [0.4, 0.5) is 0 Å². The zero-order chi connectivity index (χ0) is 19.2. The SMILES string of the molecule is C[C@]12CC[C@H]3[C@@H](CCC4CCCC[C@@]43C)[C@@H]1CC[C@@H]2[C@H](C=O)C=CC(=O)O. The molecule has 0 saturated heterocycles. The molecule has 0 heterocycles. The van der Waals surface area contributed by atoms with E-state index in [1.165, 1.54) is 63.9 Å². The molecule has 4 aliphatic rings. The van der Waals surface area contributed by atoms with E-state index in [-0.39, 0.29) is 11.3 Å². The van der Waals surface area contributed by atoms with E-state index in [2.05, 4.69) is 13.8 Å². The Morgan fingerprint density at radius 2 is 1.74 bits per heavy atom. The van der Waals surface area contributed by atoms with E-state index in [4.69, 9.17) is 5.11 Å². The van der Waals surface area contributed by atoms with Crippen LogP contribution in [0.2, 0.25) is 0 Å². The fourth-order valence-electron chi connectivity index (χ4n) is 8.44. The molecule has 150 valence electrons. The molecule has 0 spiro atoms. The van der Waals surface area contributed by atoms with Crippen molar-refractivity contribution in [2.75, 3.05) is 0 Å². The Bertz CT molecular complexity index is 625. The van der Waals surface area contributed by atoms with Crippen molar-refractivity contribution in [2.45, 2.75) is 78.1 Å². The van der Waals surface area contributed by atoms with E-state index in [0.29, 0.717) is 11.3 Å². The number of aliphatic carboxylic acids is 1. The van der Waals surface area contributed by atoms with Gasteiger partial charge in [0, 0.05) is 12.0 Å². The number of aldehydes is 1. The van der Waals surface area contributed by atoms with Crippen LogP contribution in [0.15, 0.2) is 12.2 Å². The zero-order valence-corrected chi connectivity index (χ0v) is 17.0. The van der Waals surface area contributed by atoms with Gasteiger partial charge in [0.05, 0.1) is 0 Å². The van der Waals surface area contributed by atoms with Gasteiger partial charge in [0.2, 0.25) is 0 Å². The molecule has 4 rings (SSSR count). The largest absolute Gasteiger partial charge is 0.478 e. The van der Waals surface area contributed by atoms with Gasteiger partial charge in [-0.1, -0.05) is 32.8 Å². The molecule has 4 fully saturated rings. The van der Waals surface area contributed by atoms with Gasteiger partial charge in [-0.15, -0.1) is 0 Å². The van der Waals surface area contributed by atoms with Gasteiger partial charge < -0.3 is 9.90 Å². The summed E-state index contributed by atoms with van der Waals surface area (Å²) in [5, 5.41) is 8.99. The summed E-state index contributed by atoms with van der Waals surface area (Å²) in [7, 11) is 0. The molecule has 27 heavy (non-hydrogen) atoms. The topological polar surface area (TPSA) is 54.4 Å². The third-order valence-electron chi connectivity index (χ3n) is 9.74. The number of carboxylic acids is 1. The molecule has 4 saturated carbocycles. The minimum Gasteiger partial charge on any atom is -0.478 e. The second-order valence-corrected chi connectivity index (χ2v) is 10.5. The molecule has 0 aromatic rings. The Morgan fingerprint density at radius 3 is 2.48 bits per heavy atom. The van der Waals surface area contributed by atoms with Crippen molar-refractivity contribution in [1.82, 2.24) is 0 Å². The predicted octanol–water partition coefficient (Wildman–Crippen LogP) is 5.49. The predicted molar refractivity (Wildman–Crippen MR) is 106 cm³/mol. The molecule has 0 radical (unpaired) electrons. The van der Waals surface area contributed by atoms with Crippen molar-refractivity contribution >= 4 is 12.3 Å². The third-order valence-corrected chi connectivity index (χ3v) is 9.74. The van der Waals surface area contributed by atoms with Crippen molar-refractivity contribution in [3.05, 3.63) is 12.2 Å². The van der Waals surface area contributed by atoms with Gasteiger partial charge in [0.15, 0.2) is 0 Å². The maximum absolute atomic E-state index is 11.8. The van der Waals surface area contributed by atoms with E-state index in [9.17, 15) is 9.59 Å². The van der Waals surface area contributed by atoms with E-state index in [0.717, 1.165) is 36.4 Å². The molecule has 0 aromatic carbocycles. The number of hydrogen-bond donors (Lipinski definition) is 1. The summed E-state index contributed by atoms with van der Waals surface area (Å²) in [5.74, 6) is 2.48. The standard InChI is InChI=1S/C24H36O3/c1-23-13-4-3-5-17(23)7-8-18-20-10-9-19(16(15-25)6-11-22(26)27)24(20,2)14-12-21(18)23/h6,11,15-21H,3-5,7-10,12-14H2,1-2H3,(H,26,27)/t16-,17?,18-,19+,20-,21-,23-,24+/m0/s1. The van der Waals surface area contributed by atoms with Gasteiger partial charge in [-0.2, -0.15) is 0 Å². The highest BCUT2D eigenvalue weighted by Gasteiger charge is 2.60. The number of carbonyl (C=O) groups is 2. The number of carboxylic acid groups (broad SMARTS) is 1. The summed E-state index contributed by atoms with van der Waals surface area (Å²) in [4.78, 5) is 22.8. The average Bonchev–Trinajstić information content (AvgIpc) is 2.99. The minimum atomic E-state index is -0.950. The van der Waals surface area contributed by atoms with E-state index in [1.54, 1.807) is 6.08 Å². The molecule has 0 bridgehead atoms. The maximum atomic E-state index is 11.8. The summed E-state index contributed by atoms with van der Waals surface area (Å²) in [6, 6.07) is 0. The highest BCUT2D eigenvalue weighted by Crippen LogP contribution is 2.68. The van der Waals surface area contributed by atoms with Crippen molar-refractivity contribution in [3.8, 4) is 0 Å². The van der Waals surface area contributed by atoms with E-state index < -0.39 is 5.97 Å². The first-order valence-corrected chi connectivity index (χ1v) is 11.3. The summed E-state index contributed by atoms with van der Waals surface area (Å²) < 4.78 is 0. The van der Waals surface area contributed by atoms with Crippen LogP contribution in [0.1, 0.15) is 78.1 Å². The molecule has 1 N–H and O–H groups in total. The second kappa shape index (κ2) is 7.04. The fraction of sp³-hybridized carbons (Fsp3) is 0.833. The fourth-order valence-corrected chi connectivity index (χ4v) is 8.44. The van der Waals surface area contributed by atoms with Crippen LogP contribution in [0.3, 0.4) is 0 Å². The van der Waals surface area contributed by atoms with Crippen LogP contribution < -0.4 is 0 Å². The van der Waals surface area contributed by atoms with Crippen molar-refractivity contribution in [3.63, 3.8) is 0 Å². The second-order valence-electron chi connectivity index (χ2n) is 10.5. The van der Waals surface area contributed by atoms with E-state index >= 15 is 0 Å². The Morgan fingerprint density at radius 1 is 0.963 bits per heavy atom. The molecule has 8 atom stereocenters. The zero-order valence-electron chi connectivity index (χ0n) is 17.0. The normalized spacial score (nSPS) is 47.7. The third kappa shape index (κ3) is 3.00. The molecular weight excluding hydrogens is 336 g/mol. The first kappa shape index (κ1) is 19.2. The van der Waals surface area contributed by atoms with Crippen LogP contribution in [0.25, 0.3) is 0 Å². The number of fused-ring (bicyclic) bond motifs is 5. The summed E-state index contributed by atoms with van der Waals surface area (Å²) >= 11 is 0. The van der Waals surface area contributed by atoms with Crippen LogP contribution in [-0.4, -0.2) is 17.4 Å². The monoisotopic (exact) mass is 372 g/mol. The molecule has 0 aliphatic heterocycles. The summed E-state index contributed by atoms with van der Waals surface area (Å²) in [6.45, 7) is 5.03. The van der Waals surface area contributed by atoms with Gasteiger partial charge >= 0.3 is 5.97 Å². The quantitative estimate of drug-likeness (QED) is 0.524. The number of carbonyl (C=O) groups excluding carboxylic acids is 1. The van der Waals surface area contributed by atoms with Gasteiger partial charge in [0.1, 0.15) is 6.29 Å². The number of rotatable bonds is 4. The lowest BCUT2D eigenvalue weighted by molar-refractivity contribution is -0.131. The first-order valence-electron chi connectivity index (χ1n) is 11.3. The molecule has 0 amide bonds. The molecule has 1 unspecified atom stereocenters. The lowest BCUT2D eigenvalue weighted by Crippen LogP contribution is -2.53. The number of hydrogen-bond acceptors (Lipinski definition) is 2. The molecule has 3 heteroatoms. The molecule has 3 nitrogen and oxygen atoms in total. The van der Waals surface area contributed by atoms with Crippen molar-refractivity contribution in [2.24, 2.45) is 46.3 Å². The van der Waals surface area contributed by atoms with Gasteiger partial charge in [-0.25, -0.2) is 4.79 Å². The van der Waals surface area contributed by atoms with Crippen molar-refractivity contribution in [1.29, 1.82) is 0 Å². The average molecular weight is 373 g/mol. The van der Waals surface area contributed by atoms with E-state index in [1.807, 2.05) is 0 Å². The smallest absolute Gasteiger partial charge is 0.327 e. The van der Waals surface area contributed by atoms with Crippen LogP contribution in [-0.2, 0) is 9.59 Å². The lowest BCUT2D eigenvalue weighted by atomic mass is 9.44. The Balaban J connectivity index is 1.58. The van der Waals surface area contributed by atoms with Crippen molar-refractivity contribution < 1.29 is 14.7 Å². The minimum absolute atomic E-state index is 0.202. The first-order chi connectivity index (χ1) is 12.9. The molecule has 4 aliphatic carbocycles. The van der Waals surface area contributed by atoms with Gasteiger partial charge in [-0.05, 0) is 91.8 Å². The Labute approximate surface area is 164 Å². The molecule has 0 aromatic heterocycles. The number of allylic oxidation sites excluding steroid dienone is 1. The van der Waals surface area contributed by atoms with Crippen LogP contribution in [0, 0.1) is 46.3 Å². The summed E-state index contributed by atoms with van der Waals surface area (Å²) in [6.07, 6.45) is 17.2. The maximum Gasteiger partial charge on any atom is 0.327 e. The molecular formula is C24H36O3. The van der Waals surface area contributed by atoms with Gasteiger partial charge in [-0.3, -0.25) is 0 Å². The summed E-state index contributed by atoms with van der Waals surface area (Å²) in [5.41, 5.74) is 0.751. The Hall–Kier alpha value is -1.12. The highest BCUT2D eigenvalue weighted by atomic mass is 16.4. The van der Waals surface area contributed by atoms with Crippen LogP contribution in [0.5, 0.6) is 0 Å². The Kier molecular flexibility index (Phi) is 5.01. The van der Waals surface area contributed by atoms with Gasteiger partial charge in [0.25, 0.3) is 0 Å². The van der Waals surface area contributed by atoms with Crippen LogP contribution >= 0.6 is 0 Å². The lowest BCUT2D eigenvalue weighted by Gasteiger charge is -2.60.